The van der Waals surface area contributed by atoms with E-state index in [-0.39, 0.29) is 16.9 Å². The lowest BCUT2D eigenvalue weighted by atomic mass is 10.0. The lowest BCUT2D eigenvalue weighted by Gasteiger charge is -2.27. The molecule has 6 heterocycles. The number of H-pyrrole nitrogens is 1. The van der Waals surface area contributed by atoms with Crippen LogP contribution in [0, 0.1) is 5.92 Å². The molecule has 10 heteroatoms. The van der Waals surface area contributed by atoms with Crippen LogP contribution in [0.2, 0.25) is 0 Å². The predicted octanol–water partition coefficient (Wildman–Crippen LogP) is 4.54. The molecule has 176 valence electrons. The van der Waals surface area contributed by atoms with Crippen LogP contribution in [0.4, 0.5) is 19.0 Å². The van der Waals surface area contributed by atoms with Gasteiger partial charge in [0, 0.05) is 59.9 Å². The Morgan fingerprint density at radius 3 is 2.77 bits per heavy atom. The highest BCUT2D eigenvalue weighted by molar-refractivity contribution is 6.12. The second-order valence-electron chi connectivity index (χ2n) is 9.17. The summed E-state index contributed by atoms with van der Waals surface area (Å²) in [6.07, 6.45) is 0.275. The Morgan fingerprint density at radius 1 is 1.00 bits per heavy atom. The van der Waals surface area contributed by atoms with Crippen LogP contribution in [-0.4, -0.2) is 50.6 Å². The minimum Gasteiger partial charge on any atom is -0.351 e. The molecule has 0 saturated carbocycles. The lowest BCUT2D eigenvalue weighted by Crippen LogP contribution is -2.35. The van der Waals surface area contributed by atoms with E-state index in [0.29, 0.717) is 35.3 Å². The summed E-state index contributed by atoms with van der Waals surface area (Å²) in [6.45, 7) is 2.24. The number of rotatable bonds is 2. The summed E-state index contributed by atoms with van der Waals surface area (Å²) in [6, 6.07) is 9.74. The van der Waals surface area contributed by atoms with Crippen molar-refractivity contribution in [3.63, 3.8) is 0 Å². The summed E-state index contributed by atoms with van der Waals surface area (Å²) in [5, 5.41) is 5.18. The zero-order valence-corrected chi connectivity index (χ0v) is 18.5. The number of para-hydroxylation sites is 1. The molecule has 5 aromatic rings. The Labute approximate surface area is 197 Å². The van der Waals surface area contributed by atoms with E-state index < -0.39 is 11.7 Å². The minimum atomic E-state index is -4.57. The van der Waals surface area contributed by atoms with Gasteiger partial charge in [-0.1, -0.05) is 18.2 Å². The molecule has 2 aliphatic heterocycles. The molecule has 2 N–H and O–H groups in total. The number of halogens is 3. The van der Waals surface area contributed by atoms with Crippen molar-refractivity contribution in [3.8, 4) is 11.4 Å². The lowest BCUT2D eigenvalue weighted by molar-refractivity contribution is -0.136. The maximum atomic E-state index is 14.1. The first kappa shape index (κ1) is 20.6. The number of nitrogens with one attached hydrogen (secondary N) is 2. The summed E-state index contributed by atoms with van der Waals surface area (Å²) in [5.74, 6) is 1.07. The maximum Gasteiger partial charge on any atom is 0.418 e. The molecule has 0 bridgehead atoms. The van der Waals surface area contributed by atoms with Gasteiger partial charge in [-0.15, -0.1) is 0 Å². The second kappa shape index (κ2) is 7.35. The largest absolute Gasteiger partial charge is 0.418 e. The number of benzene rings is 1. The molecule has 2 aliphatic rings. The van der Waals surface area contributed by atoms with Gasteiger partial charge in [-0.05, 0) is 24.5 Å². The molecule has 2 unspecified atom stereocenters. The normalized spacial score (nSPS) is 20.4. The number of fused-ring (bicyclic) bond motifs is 5. The van der Waals surface area contributed by atoms with Gasteiger partial charge in [-0.3, -0.25) is 4.98 Å². The molecule has 0 amide bonds. The van der Waals surface area contributed by atoms with E-state index in [0.717, 1.165) is 42.0 Å². The highest BCUT2D eigenvalue weighted by Crippen LogP contribution is 2.42. The average Bonchev–Trinajstić information content (AvgIpc) is 3.56. The third-order valence-corrected chi connectivity index (χ3v) is 7.25. The summed E-state index contributed by atoms with van der Waals surface area (Å²) >= 11 is 0. The quantitative estimate of drug-likeness (QED) is 0.390. The summed E-state index contributed by atoms with van der Waals surface area (Å²) in [7, 11) is 0. The van der Waals surface area contributed by atoms with Crippen LogP contribution in [0.15, 0.2) is 48.9 Å². The van der Waals surface area contributed by atoms with Gasteiger partial charge in [0.25, 0.3) is 0 Å². The number of pyridine rings is 2. The molecule has 7 nitrogen and oxygen atoms in total. The molecule has 4 aromatic heterocycles. The van der Waals surface area contributed by atoms with Gasteiger partial charge in [-0.25, -0.2) is 15.0 Å². The van der Waals surface area contributed by atoms with Gasteiger partial charge in [0.15, 0.2) is 5.82 Å². The highest BCUT2D eigenvalue weighted by atomic mass is 19.4. The summed E-state index contributed by atoms with van der Waals surface area (Å²) in [4.78, 5) is 23.2. The Morgan fingerprint density at radius 2 is 1.89 bits per heavy atom. The van der Waals surface area contributed by atoms with E-state index in [4.69, 9.17) is 4.98 Å². The Hall–Kier alpha value is -3.79. The van der Waals surface area contributed by atoms with Gasteiger partial charge in [0.2, 0.25) is 0 Å². The fourth-order valence-corrected chi connectivity index (χ4v) is 5.67. The van der Waals surface area contributed by atoms with E-state index in [1.165, 1.54) is 6.20 Å². The predicted molar refractivity (Wildman–Crippen MR) is 127 cm³/mol. The Balaban J connectivity index is 1.53. The molecule has 35 heavy (non-hydrogen) atoms. The second-order valence-corrected chi connectivity index (χ2v) is 9.17. The van der Waals surface area contributed by atoms with Crippen LogP contribution in [0.25, 0.3) is 44.2 Å². The van der Waals surface area contributed by atoms with Crippen molar-refractivity contribution >= 4 is 38.7 Å². The van der Waals surface area contributed by atoms with E-state index >= 15 is 0 Å². The zero-order chi connectivity index (χ0) is 23.7. The number of aromatic amines is 1. The highest BCUT2D eigenvalue weighted by Gasteiger charge is 2.41. The van der Waals surface area contributed by atoms with Crippen molar-refractivity contribution in [1.29, 1.82) is 0 Å². The molecule has 2 fully saturated rings. The molecule has 0 spiro atoms. The fourth-order valence-electron chi connectivity index (χ4n) is 5.67. The first-order valence-electron chi connectivity index (χ1n) is 11.5. The van der Waals surface area contributed by atoms with Crippen molar-refractivity contribution in [2.24, 2.45) is 5.92 Å². The standard InChI is InChI=1S/C25H20F3N7/c26-25(27,28)16-10-30-11-18-21(16)24(35-8-6-13-9-29-12-19(13)35)34-22(33-18)15-5-7-31-23-20(15)14-3-1-2-4-17(14)32-23/h1-5,7,10-11,13,19,29H,6,8-9,12H2,(H,31,32). The zero-order valence-electron chi connectivity index (χ0n) is 18.5. The van der Waals surface area contributed by atoms with Crippen LogP contribution in [0.1, 0.15) is 12.0 Å². The molecular weight excluding hydrogens is 455 g/mol. The minimum absolute atomic E-state index is 0.00743. The third-order valence-electron chi connectivity index (χ3n) is 7.25. The number of hydrogen-bond donors (Lipinski definition) is 2. The van der Waals surface area contributed by atoms with Crippen LogP contribution in [-0.2, 0) is 6.18 Å². The molecule has 7 rings (SSSR count). The van der Waals surface area contributed by atoms with E-state index in [2.05, 4.69) is 25.3 Å². The van der Waals surface area contributed by atoms with Gasteiger partial charge < -0.3 is 15.2 Å². The monoisotopic (exact) mass is 475 g/mol. The van der Waals surface area contributed by atoms with Crippen molar-refractivity contribution < 1.29 is 13.2 Å². The van der Waals surface area contributed by atoms with Crippen LogP contribution < -0.4 is 10.2 Å². The van der Waals surface area contributed by atoms with Crippen molar-refractivity contribution in [3.05, 3.63) is 54.5 Å². The molecular formula is C25H20F3N7. The number of hydrogen-bond acceptors (Lipinski definition) is 6. The van der Waals surface area contributed by atoms with E-state index in [9.17, 15) is 13.2 Å². The molecule has 1 aromatic carbocycles. The Bertz CT molecular complexity index is 1610. The van der Waals surface area contributed by atoms with Gasteiger partial charge >= 0.3 is 6.18 Å². The number of nitrogens with zero attached hydrogens (tertiary/aromatic N) is 5. The topological polar surface area (TPSA) is 82.6 Å². The average molecular weight is 475 g/mol. The molecule has 2 saturated heterocycles. The van der Waals surface area contributed by atoms with Gasteiger partial charge in [0.1, 0.15) is 11.5 Å². The molecule has 2 atom stereocenters. The molecule has 0 aliphatic carbocycles. The smallest absolute Gasteiger partial charge is 0.351 e. The fraction of sp³-hybridized carbons (Fsp3) is 0.280. The number of aromatic nitrogens is 5. The van der Waals surface area contributed by atoms with Crippen LogP contribution >= 0.6 is 0 Å². The Kier molecular flexibility index (Phi) is 4.32. The summed E-state index contributed by atoms with van der Waals surface area (Å²) < 4.78 is 42.2. The first-order chi connectivity index (χ1) is 17.0. The van der Waals surface area contributed by atoms with E-state index in [1.54, 1.807) is 6.20 Å². The van der Waals surface area contributed by atoms with Crippen molar-refractivity contribution in [2.45, 2.75) is 18.6 Å². The van der Waals surface area contributed by atoms with Crippen LogP contribution in [0.5, 0.6) is 0 Å². The van der Waals surface area contributed by atoms with Crippen LogP contribution in [0.3, 0.4) is 0 Å². The maximum absolute atomic E-state index is 14.1. The van der Waals surface area contributed by atoms with Gasteiger partial charge in [0.05, 0.1) is 22.7 Å². The SMILES string of the molecule is FC(F)(F)c1cncc2nc(-c3ccnc4[nH]c5ccccc5c34)nc(N3CCC4CNCC43)c12. The van der Waals surface area contributed by atoms with Crippen molar-refractivity contribution in [1.82, 2.24) is 30.2 Å². The van der Waals surface area contributed by atoms with E-state index in [1.807, 2.05) is 35.2 Å². The number of alkyl halides is 3. The molecule has 0 radical (unpaired) electrons. The van der Waals surface area contributed by atoms with Crippen molar-refractivity contribution in [2.75, 3.05) is 24.5 Å². The number of anilines is 1. The van der Waals surface area contributed by atoms with Gasteiger partial charge in [-0.2, -0.15) is 13.2 Å². The third kappa shape index (κ3) is 3.09. The first-order valence-corrected chi connectivity index (χ1v) is 11.5. The summed E-state index contributed by atoms with van der Waals surface area (Å²) in [5.41, 5.74) is 1.69.